The normalized spacial score (nSPS) is 30.2. The number of β-amino-alcohol motifs (C(OH)–C–C–N with tert-alkyl or cyclic N) is 1. The molecular weight excluding hydrogens is 482 g/mol. The molecule has 0 radical (unpaired) electrons. The number of likely N-dealkylation sites (tertiary alicyclic amines) is 1. The van der Waals surface area contributed by atoms with E-state index in [2.05, 4.69) is 0 Å². The number of benzene rings is 2. The van der Waals surface area contributed by atoms with E-state index in [1.165, 1.54) is 4.90 Å². The summed E-state index contributed by atoms with van der Waals surface area (Å²) in [5, 5.41) is 9.82. The fraction of sp³-hybridized carbons (Fsp3) is 0.367. The SMILES string of the molecule is O=C1C2N(CCO)C(=O)[C@@H]3[C@@H]4C(=O)N(Cc5ccccc5)CC=C[C@@H]4O[C@]23C=CCN1Cc1ccccc1. The lowest BCUT2D eigenvalue weighted by molar-refractivity contribution is -0.149. The zero-order valence-corrected chi connectivity index (χ0v) is 21.1. The zero-order valence-electron chi connectivity index (χ0n) is 21.1. The molecule has 0 saturated carbocycles. The van der Waals surface area contributed by atoms with Crippen LogP contribution in [0.4, 0.5) is 0 Å². The molecule has 2 saturated heterocycles. The maximum Gasteiger partial charge on any atom is 0.249 e. The summed E-state index contributed by atoms with van der Waals surface area (Å²) in [4.78, 5) is 46.9. The molecule has 1 spiro atoms. The minimum absolute atomic E-state index is 0.000979. The molecular formula is C30H31N3O5. The first-order chi connectivity index (χ1) is 18.5. The predicted molar refractivity (Wildman–Crippen MR) is 139 cm³/mol. The van der Waals surface area contributed by atoms with Gasteiger partial charge in [0, 0.05) is 32.7 Å². The van der Waals surface area contributed by atoms with Crippen molar-refractivity contribution >= 4 is 17.7 Å². The molecule has 8 heteroatoms. The quantitative estimate of drug-likeness (QED) is 0.595. The second-order valence-electron chi connectivity index (χ2n) is 10.3. The van der Waals surface area contributed by atoms with Crippen molar-refractivity contribution in [3.05, 3.63) is 96.1 Å². The van der Waals surface area contributed by atoms with E-state index in [0.717, 1.165) is 11.1 Å². The summed E-state index contributed by atoms with van der Waals surface area (Å²) >= 11 is 0. The molecule has 4 aliphatic rings. The molecule has 8 nitrogen and oxygen atoms in total. The Morgan fingerprint density at radius 2 is 1.42 bits per heavy atom. The number of carbonyl (C=O) groups excluding carboxylic acids is 3. The van der Waals surface area contributed by atoms with Gasteiger partial charge in [0.15, 0.2) is 0 Å². The van der Waals surface area contributed by atoms with Crippen LogP contribution in [-0.2, 0) is 32.2 Å². The average molecular weight is 514 g/mol. The molecule has 0 aliphatic carbocycles. The van der Waals surface area contributed by atoms with E-state index < -0.39 is 29.6 Å². The van der Waals surface area contributed by atoms with Gasteiger partial charge in [-0.2, -0.15) is 0 Å². The van der Waals surface area contributed by atoms with Crippen molar-refractivity contribution < 1.29 is 24.2 Å². The zero-order chi connectivity index (χ0) is 26.3. The van der Waals surface area contributed by atoms with Crippen molar-refractivity contribution in [1.29, 1.82) is 0 Å². The standard InChI is InChI=1S/C30H31N3O5/c34-18-17-33-26-29(37)32(20-22-11-5-2-6-12-22)16-8-14-30(26)25(28(33)36)24-23(38-30)13-7-15-31(27(24)35)19-21-9-3-1-4-10-21/h1-14,23-26,34H,15-20H2/t23-,24+,25-,26?,30-/m0/s1. The molecule has 2 aromatic rings. The van der Waals surface area contributed by atoms with E-state index in [4.69, 9.17) is 4.74 Å². The van der Waals surface area contributed by atoms with Gasteiger partial charge in [0.2, 0.25) is 17.7 Å². The first-order valence-electron chi connectivity index (χ1n) is 13.1. The molecule has 0 bridgehead atoms. The van der Waals surface area contributed by atoms with E-state index in [0.29, 0.717) is 26.2 Å². The summed E-state index contributed by atoms with van der Waals surface area (Å²) in [7, 11) is 0. The van der Waals surface area contributed by atoms with Gasteiger partial charge >= 0.3 is 0 Å². The summed E-state index contributed by atoms with van der Waals surface area (Å²) in [6.45, 7) is 1.30. The first kappa shape index (κ1) is 24.6. The highest BCUT2D eigenvalue weighted by atomic mass is 16.5. The predicted octanol–water partition coefficient (Wildman–Crippen LogP) is 1.76. The Kier molecular flexibility index (Phi) is 6.37. The molecule has 1 N–H and O–H groups in total. The summed E-state index contributed by atoms with van der Waals surface area (Å²) in [5.41, 5.74) is 0.701. The average Bonchev–Trinajstić information content (AvgIpc) is 3.25. The van der Waals surface area contributed by atoms with Gasteiger partial charge < -0.3 is 24.5 Å². The number of aliphatic hydroxyl groups excluding tert-OH is 1. The molecule has 38 heavy (non-hydrogen) atoms. The van der Waals surface area contributed by atoms with Crippen LogP contribution in [0.1, 0.15) is 11.1 Å². The summed E-state index contributed by atoms with van der Waals surface area (Å²) in [6, 6.07) is 18.5. The second-order valence-corrected chi connectivity index (χ2v) is 10.3. The lowest BCUT2D eigenvalue weighted by Crippen LogP contribution is -2.55. The number of amides is 3. The van der Waals surface area contributed by atoms with Crippen LogP contribution in [0.3, 0.4) is 0 Å². The van der Waals surface area contributed by atoms with Crippen LogP contribution < -0.4 is 0 Å². The van der Waals surface area contributed by atoms with Gasteiger partial charge in [-0.3, -0.25) is 14.4 Å². The van der Waals surface area contributed by atoms with E-state index in [1.54, 1.807) is 9.80 Å². The third-order valence-electron chi connectivity index (χ3n) is 8.10. The van der Waals surface area contributed by atoms with Crippen LogP contribution in [0.25, 0.3) is 0 Å². The highest BCUT2D eigenvalue weighted by Gasteiger charge is 2.71. The number of nitrogens with zero attached hydrogens (tertiary/aromatic N) is 3. The minimum atomic E-state index is -1.28. The van der Waals surface area contributed by atoms with E-state index in [1.807, 2.05) is 85.0 Å². The Morgan fingerprint density at radius 3 is 2.05 bits per heavy atom. The molecule has 196 valence electrons. The van der Waals surface area contributed by atoms with Crippen LogP contribution in [0, 0.1) is 11.8 Å². The largest absolute Gasteiger partial charge is 0.395 e. The summed E-state index contributed by atoms with van der Waals surface area (Å²) in [5.74, 6) is -2.32. The van der Waals surface area contributed by atoms with Crippen LogP contribution in [0.15, 0.2) is 85.0 Å². The number of rotatable bonds is 6. The first-order valence-corrected chi connectivity index (χ1v) is 13.1. The maximum atomic E-state index is 14.1. The van der Waals surface area contributed by atoms with E-state index in [9.17, 15) is 19.5 Å². The lowest BCUT2D eigenvalue weighted by atomic mass is 9.77. The lowest BCUT2D eigenvalue weighted by Gasteiger charge is -2.35. The maximum absolute atomic E-state index is 14.1. The fourth-order valence-electron chi connectivity index (χ4n) is 6.48. The monoisotopic (exact) mass is 513 g/mol. The van der Waals surface area contributed by atoms with Gasteiger partial charge in [0.25, 0.3) is 0 Å². The van der Waals surface area contributed by atoms with E-state index >= 15 is 0 Å². The number of aliphatic hydroxyl groups is 1. The smallest absolute Gasteiger partial charge is 0.249 e. The Hall–Kier alpha value is -3.75. The van der Waals surface area contributed by atoms with Gasteiger partial charge in [-0.05, 0) is 11.1 Å². The van der Waals surface area contributed by atoms with Gasteiger partial charge in [-0.1, -0.05) is 85.0 Å². The highest BCUT2D eigenvalue weighted by molar-refractivity contribution is 5.99. The van der Waals surface area contributed by atoms with Crippen LogP contribution in [0.2, 0.25) is 0 Å². The number of carbonyl (C=O) groups is 3. The van der Waals surface area contributed by atoms with Gasteiger partial charge in [0.1, 0.15) is 11.6 Å². The highest BCUT2D eigenvalue weighted by Crippen LogP contribution is 2.53. The van der Waals surface area contributed by atoms with Crippen molar-refractivity contribution in [3.63, 3.8) is 0 Å². The molecule has 4 aliphatic heterocycles. The summed E-state index contributed by atoms with van der Waals surface area (Å²) in [6.07, 6.45) is 6.88. The van der Waals surface area contributed by atoms with E-state index in [-0.39, 0.29) is 30.9 Å². The number of hydrogen-bond acceptors (Lipinski definition) is 5. The molecule has 3 amide bonds. The molecule has 2 fully saturated rings. The third-order valence-corrected chi connectivity index (χ3v) is 8.10. The van der Waals surface area contributed by atoms with Crippen molar-refractivity contribution in [2.75, 3.05) is 26.2 Å². The number of hydrogen-bond donors (Lipinski definition) is 1. The van der Waals surface area contributed by atoms with Crippen LogP contribution >= 0.6 is 0 Å². The third kappa shape index (κ3) is 3.95. The van der Waals surface area contributed by atoms with Crippen LogP contribution in [-0.4, -0.2) is 81.5 Å². The van der Waals surface area contributed by atoms with Crippen LogP contribution in [0.5, 0.6) is 0 Å². The molecule has 1 unspecified atom stereocenters. The topological polar surface area (TPSA) is 90.4 Å². The van der Waals surface area contributed by atoms with Crippen molar-refractivity contribution in [2.45, 2.75) is 30.8 Å². The Labute approximate surface area is 221 Å². The Morgan fingerprint density at radius 1 is 0.816 bits per heavy atom. The van der Waals surface area contributed by atoms with Crippen molar-refractivity contribution in [1.82, 2.24) is 14.7 Å². The molecule has 2 aromatic carbocycles. The Bertz CT molecular complexity index is 1280. The van der Waals surface area contributed by atoms with Crippen molar-refractivity contribution in [3.8, 4) is 0 Å². The number of fused-ring (bicyclic) bond motifs is 2. The molecule has 5 atom stereocenters. The molecule has 0 aromatic heterocycles. The molecule has 4 heterocycles. The van der Waals surface area contributed by atoms with Gasteiger partial charge in [0.05, 0.1) is 24.5 Å². The Balaban J connectivity index is 1.36. The van der Waals surface area contributed by atoms with Gasteiger partial charge in [-0.25, -0.2) is 0 Å². The van der Waals surface area contributed by atoms with Crippen molar-refractivity contribution in [2.24, 2.45) is 11.8 Å². The second kappa shape index (κ2) is 9.85. The fourth-order valence-corrected chi connectivity index (χ4v) is 6.48. The van der Waals surface area contributed by atoms with Gasteiger partial charge in [-0.15, -0.1) is 0 Å². The number of ether oxygens (including phenoxy) is 1. The molecule has 6 rings (SSSR count). The minimum Gasteiger partial charge on any atom is -0.395 e. The summed E-state index contributed by atoms with van der Waals surface area (Å²) < 4.78 is 6.61.